The molecule has 6 heteroatoms. The van der Waals surface area contributed by atoms with Gasteiger partial charge in [0.15, 0.2) is 0 Å². The second-order valence-corrected chi connectivity index (χ2v) is 7.64. The number of nitrogens with one attached hydrogen (secondary N) is 2. The highest BCUT2D eigenvalue weighted by Crippen LogP contribution is 2.35. The van der Waals surface area contributed by atoms with E-state index in [4.69, 9.17) is 11.6 Å². The van der Waals surface area contributed by atoms with Crippen LogP contribution in [0.2, 0.25) is 5.02 Å². The fourth-order valence-corrected chi connectivity index (χ4v) is 4.27. The molecule has 1 saturated carbocycles. The number of carbonyl (C=O) groups is 1. The lowest BCUT2D eigenvalue weighted by molar-refractivity contribution is 0.00526. The zero-order valence-corrected chi connectivity index (χ0v) is 15.4. The Kier molecular flexibility index (Phi) is 4.72. The van der Waals surface area contributed by atoms with E-state index in [1.165, 1.54) is 0 Å². The number of aromatic nitrogens is 1. The highest BCUT2D eigenvalue weighted by atomic mass is 79.9. The van der Waals surface area contributed by atoms with E-state index in [1.54, 1.807) is 6.07 Å². The Morgan fingerprint density at radius 1 is 1.43 bits per heavy atom. The van der Waals surface area contributed by atoms with Gasteiger partial charge in [-0.1, -0.05) is 30.9 Å². The number of hydrogen-bond acceptors (Lipinski definition) is 2. The molecule has 0 radical (unpaired) electrons. The lowest BCUT2D eigenvalue weighted by Gasteiger charge is -2.32. The number of aryl methyl sites for hydroxylation is 1. The van der Waals surface area contributed by atoms with Crippen molar-refractivity contribution in [1.82, 2.24) is 10.3 Å². The normalized spacial score (nSPS) is 17.4. The van der Waals surface area contributed by atoms with Crippen LogP contribution in [0.5, 0.6) is 0 Å². The molecule has 1 fully saturated rings. The number of benzene rings is 1. The molecule has 0 saturated heterocycles. The van der Waals surface area contributed by atoms with Crippen molar-refractivity contribution < 1.29 is 9.90 Å². The van der Waals surface area contributed by atoms with Gasteiger partial charge >= 0.3 is 0 Å². The average Bonchev–Trinajstić information content (AvgIpc) is 2.92. The molecular formula is C17H20BrClN2O2. The van der Waals surface area contributed by atoms with Crippen molar-refractivity contribution >= 4 is 44.3 Å². The number of amides is 1. The third kappa shape index (κ3) is 3.28. The lowest BCUT2D eigenvalue weighted by Crippen LogP contribution is -2.44. The third-order valence-corrected chi connectivity index (χ3v) is 5.67. The Labute approximate surface area is 148 Å². The first-order valence-electron chi connectivity index (χ1n) is 7.87. The number of rotatable bonds is 3. The van der Waals surface area contributed by atoms with Crippen molar-refractivity contribution in [2.24, 2.45) is 0 Å². The third-order valence-electron chi connectivity index (χ3n) is 4.65. The molecule has 3 N–H and O–H groups in total. The van der Waals surface area contributed by atoms with E-state index < -0.39 is 5.60 Å². The van der Waals surface area contributed by atoms with Crippen LogP contribution in [-0.4, -0.2) is 28.1 Å². The minimum absolute atomic E-state index is 0.243. The van der Waals surface area contributed by atoms with Gasteiger partial charge in [0.1, 0.15) is 0 Å². The number of aromatic amines is 1. The van der Waals surface area contributed by atoms with E-state index in [0.29, 0.717) is 10.6 Å². The van der Waals surface area contributed by atoms with Crippen LogP contribution >= 0.6 is 27.5 Å². The van der Waals surface area contributed by atoms with E-state index in [1.807, 2.05) is 13.1 Å². The topological polar surface area (TPSA) is 65.1 Å². The minimum Gasteiger partial charge on any atom is -0.388 e. The van der Waals surface area contributed by atoms with Gasteiger partial charge in [-0.25, -0.2) is 0 Å². The number of hydrogen-bond donors (Lipinski definition) is 3. The summed E-state index contributed by atoms with van der Waals surface area (Å²) >= 11 is 9.90. The van der Waals surface area contributed by atoms with Gasteiger partial charge in [-0.05, 0) is 47.3 Å². The molecule has 0 unspecified atom stereocenters. The highest BCUT2D eigenvalue weighted by molar-refractivity contribution is 9.10. The van der Waals surface area contributed by atoms with Crippen LogP contribution in [0.15, 0.2) is 16.7 Å². The van der Waals surface area contributed by atoms with Gasteiger partial charge in [0, 0.05) is 22.6 Å². The lowest BCUT2D eigenvalue weighted by atomic mass is 9.85. The number of aliphatic hydroxyl groups is 1. The van der Waals surface area contributed by atoms with Gasteiger partial charge in [-0.15, -0.1) is 0 Å². The molecule has 0 spiro atoms. The van der Waals surface area contributed by atoms with Crippen molar-refractivity contribution in [2.75, 3.05) is 6.54 Å². The Morgan fingerprint density at radius 3 is 2.83 bits per heavy atom. The monoisotopic (exact) mass is 398 g/mol. The summed E-state index contributed by atoms with van der Waals surface area (Å²) < 4.78 is 0.834. The molecule has 1 aliphatic carbocycles. The molecule has 23 heavy (non-hydrogen) atoms. The molecule has 1 aromatic carbocycles. The molecule has 2 aromatic rings. The summed E-state index contributed by atoms with van der Waals surface area (Å²) in [4.78, 5) is 15.7. The van der Waals surface area contributed by atoms with Gasteiger partial charge in [0.2, 0.25) is 0 Å². The van der Waals surface area contributed by atoms with Crippen LogP contribution in [0.1, 0.15) is 48.0 Å². The van der Waals surface area contributed by atoms with Crippen molar-refractivity contribution in [3.8, 4) is 0 Å². The maximum absolute atomic E-state index is 12.5. The Hall–Kier alpha value is -1.04. The molecular weight excluding hydrogens is 380 g/mol. The SMILES string of the molecule is Cc1cc(C(=O)NCC2(O)CCCCC2)c(Cl)c2c(Br)c[nH]c12. The summed E-state index contributed by atoms with van der Waals surface area (Å²) in [5.41, 5.74) is 1.53. The second kappa shape index (κ2) is 6.46. The summed E-state index contributed by atoms with van der Waals surface area (Å²) in [5, 5.41) is 14.6. The molecule has 1 amide bonds. The van der Waals surface area contributed by atoms with Gasteiger partial charge in [0.05, 0.1) is 21.7 Å². The maximum atomic E-state index is 12.5. The molecule has 0 atom stereocenters. The second-order valence-electron chi connectivity index (χ2n) is 6.41. The molecule has 1 heterocycles. The van der Waals surface area contributed by atoms with E-state index in [-0.39, 0.29) is 12.5 Å². The predicted molar refractivity (Wildman–Crippen MR) is 96.1 cm³/mol. The van der Waals surface area contributed by atoms with Gasteiger partial charge in [0.25, 0.3) is 5.91 Å². The first-order valence-corrected chi connectivity index (χ1v) is 9.05. The Bertz CT molecular complexity index is 751. The molecule has 0 aliphatic heterocycles. The molecule has 1 aliphatic rings. The summed E-state index contributed by atoms with van der Waals surface area (Å²) in [6.45, 7) is 2.21. The van der Waals surface area contributed by atoms with E-state index in [0.717, 1.165) is 53.0 Å². The van der Waals surface area contributed by atoms with Gasteiger partial charge < -0.3 is 15.4 Å². The quantitative estimate of drug-likeness (QED) is 0.720. The zero-order valence-electron chi connectivity index (χ0n) is 13.0. The highest BCUT2D eigenvalue weighted by Gasteiger charge is 2.30. The zero-order chi connectivity index (χ0) is 16.6. The standard InChI is InChI=1S/C17H20BrClN2O2/c1-10-7-11(14(19)13-12(18)8-20-15(10)13)16(22)21-9-17(23)5-3-2-4-6-17/h7-8,20,23H,2-6,9H2,1H3,(H,21,22). The number of H-pyrrole nitrogens is 1. The summed E-state index contributed by atoms with van der Waals surface area (Å²) in [6, 6.07) is 1.79. The van der Waals surface area contributed by atoms with E-state index >= 15 is 0 Å². The van der Waals surface area contributed by atoms with E-state index in [9.17, 15) is 9.90 Å². The predicted octanol–water partition coefficient (Wildman–Crippen LogP) is 4.32. The molecule has 0 bridgehead atoms. The molecule has 1 aromatic heterocycles. The van der Waals surface area contributed by atoms with Crippen LogP contribution in [0.25, 0.3) is 10.9 Å². The van der Waals surface area contributed by atoms with Crippen LogP contribution in [0.4, 0.5) is 0 Å². The van der Waals surface area contributed by atoms with Gasteiger partial charge in [-0.3, -0.25) is 4.79 Å². The largest absolute Gasteiger partial charge is 0.388 e. The number of fused-ring (bicyclic) bond motifs is 1. The first kappa shape index (κ1) is 16.8. The van der Waals surface area contributed by atoms with E-state index in [2.05, 4.69) is 26.2 Å². The van der Waals surface area contributed by atoms with Crippen LogP contribution in [0.3, 0.4) is 0 Å². The Morgan fingerprint density at radius 2 is 2.13 bits per heavy atom. The van der Waals surface area contributed by atoms with Gasteiger partial charge in [-0.2, -0.15) is 0 Å². The number of carbonyl (C=O) groups excluding carboxylic acids is 1. The van der Waals surface area contributed by atoms with Crippen molar-refractivity contribution in [1.29, 1.82) is 0 Å². The molecule has 3 rings (SSSR count). The van der Waals surface area contributed by atoms with Crippen LogP contribution in [0, 0.1) is 6.92 Å². The fourth-order valence-electron chi connectivity index (χ4n) is 3.30. The number of halogens is 2. The molecule has 4 nitrogen and oxygen atoms in total. The smallest absolute Gasteiger partial charge is 0.252 e. The van der Waals surface area contributed by atoms with Crippen LogP contribution < -0.4 is 5.32 Å². The summed E-state index contributed by atoms with van der Waals surface area (Å²) in [6.07, 6.45) is 6.46. The van der Waals surface area contributed by atoms with Crippen molar-refractivity contribution in [3.05, 3.63) is 32.9 Å². The fraction of sp³-hybridized carbons (Fsp3) is 0.471. The maximum Gasteiger partial charge on any atom is 0.252 e. The van der Waals surface area contributed by atoms with Crippen molar-refractivity contribution in [3.63, 3.8) is 0 Å². The van der Waals surface area contributed by atoms with Crippen molar-refractivity contribution in [2.45, 2.75) is 44.6 Å². The summed E-state index contributed by atoms with van der Waals surface area (Å²) in [7, 11) is 0. The first-order chi connectivity index (χ1) is 10.9. The summed E-state index contributed by atoms with van der Waals surface area (Å²) in [5.74, 6) is -0.243. The minimum atomic E-state index is -0.784. The molecule has 124 valence electrons. The van der Waals surface area contributed by atoms with Crippen LogP contribution in [-0.2, 0) is 0 Å². The Balaban J connectivity index is 1.83. The average molecular weight is 400 g/mol.